The van der Waals surface area contributed by atoms with E-state index >= 15 is 0 Å². The second-order valence-corrected chi connectivity index (χ2v) is 4.22. The van der Waals surface area contributed by atoms with Crippen LogP contribution in [-0.4, -0.2) is 37.3 Å². The van der Waals surface area contributed by atoms with Crippen LogP contribution in [0.25, 0.3) is 0 Å². The normalized spacial score (nSPS) is 12.1. The number of rotatable bonds is 4. The van der Waals surface area contributed by atoms with E-state index in [4.69, 9.17) is 0 Å². The number of ether oxygens (including phenoxy) is 1. The van der Waals surface area contributed by atoms with E-state index in [0.29, 0.717) is 0 Å². The standard InChI is InChI=1S/C12H17NO3S/c1-5-10(17-12(15)13(2)3)8-6-7-9-11(14)16-4/h5-9H,1-4H3/b8-6-,9-7-,10-5-. The predicted molar refractivity (Wildman–Crippen MR) is 70.7 cm³/mol. The summed E-state index contributed by atoms with van der Waals surface area (Å²) in [6, 6.07) is 0. The third-order valence-electron chi connectivity index (χ3n) is 1.66. The molecule has 0 rings (SSSR count). The average Bonchev–Trinajstić information content (AvgIpc) is 2.31. The number of methoxy groups -OCH3 is 1. The minimum Gasteiger partial charge on any atom is -0.466 e. The quantitative estimate of drug-likeness (QED) is 0.440. The SMILES string of the molecule is C/C=C(/C=C\C=C/C(=O)OC)SC(=O)N(C)C. The molecule has 1 amide bonds. The molecule has 0 aromatic carbocycles. The highest BCUT2D eigenvalue weighted by Crippen LogP contribution is 2.19. The topological polar surface area (TPSA) is 46.6 Å². The molecule has 0 aliphatic rings. The van der Waals surface area contributed by atoms with Gasteiger partial charge >= 0.3 is 5.97 Å². The maximum absolute atomic E-state index is 11.4. The number of thioether (sulfide) groups is 1. The fourth-order valence-corrected chi connectivity index (χ4v) is 1.38. The maximum Gasteiger partial charge on any atom is 0.330 e. The van der Waals surface area contributed by atoms with Gasteiger partial charge in [-0.2, -0.15) is 0 Å². The van der Waals surface area contributed by atoms with Crippen LogP contribution in [0.1, 0.15) is 6.92 Å². The molecule has 0 aliphatic heterocycles. The molecule has 0 heterocycles. The Morgan fingerprint density at radius 3 is 2.24 bits per heavy atom. The number of hydrogen-bond acceptors (Lipinski definition) is 4. The van der Waals surface area contributed by atoms with Crippen molar-refractivity contribution in [1.82, 2.24) is 4.90 Å². The molecule has 0 atom stereocenters. The van der Waals surface area contributed by atoms with Gasteiger partial charge in [-0.1, -0.05) is 18.2 Å². The van der Waals surface area contributed by atoms with E-state index in [-0.39, 0.29) is 5.24 Å². The summed E-state index contributed by atoms with van der Waals surface area (Å²) in [6.07, 6.45) is 8.14. The minimum absolute atomic E-state index is 0.0419. The molecule has 0 aliphatic carbocycles. The highest BCUT2D eigenvalue weighted by atomic mass is 32.2. The van der Waals surface area contributed by atoms with Gasteiger partial charge in [-0.15, -0.1) is 0 Å². The largest absolute Gasteiger partial charge is 0.466 e. The van der Waals surface area contributed by atoms with E-state index in [1.807, 2.05) is 13.0 Å². The van der Waals surface area contributed by atoms with Gasteiger partial charge in [-0.3, -0.25) is 4.79 Å². The molecular weight excluding hydrogens is 238 g/mol. The van der Waals surface area contributed by atoms with Crippen molar-refractivity contribution in [3.63, 3.8) is 0 Å². The van der Waals surface area contributed by atoms with E-state index in [1.54, 1.807) is 32.3 Å². The molecule has 0 spiro atoms. The van der Waals surface area contributed by atoms with Gasteiger partial charge in [0.2, 0.25) is 0 Å². The average molecular weight is 255 g/mol. The molecule has 94 valence electrons. The molecule has 0 bridgehead atoms. The monoisotopic (exact) mass is 255 g/mol. The summed E-state index contributed by atoms with van der Waals surface area (Å²) in [7, 11) is 4.71. The van der Waals surface area contributed by atoms with Crippen LogP contribution in [0.15, 0.2) is 35.3 Å². The van der Waals surface area contributed by atoms with Gasteiger partial charge < -0.3 is 9.64 Å². The Morgan fingerprint density at radius 1 is 1.18 bits per heavy atom. The van der Waals surface area contributed by atoms with Crippen LogP contribution >= 0.6 is 11.8 Å². The lowest BCUT2D eigenvalue weighted by Crippen LogP contribution is -2.16. The smallest absolute Gasteiger partial charge is 0.330 e. The molecular formula is C12H17NO3S. The summed E-state index contributed by atoms with van der Waals surface area (Å²) in [5.41, 5.74) is 0. The van der Waals surface area contributed by atoms with Gasteiger partial charge in [-0.05, 0) is 24.8 Å². The summed E-state index contributed by atoms with van der Waals surface area (Å²) >= 11 is 1.13. The van der Waals surface area contributed by atoms with Gasteiger partial charge in [0, 0.05) is 25.1 Å². The molecule has 5 heteroatoms. The summed E-state index contributed by atoms with van der Waals surface area (Å²) < 4.78 is 4.44. The lowest BCUT2D eigenvalue weighted by Gasteiger charge is -2.08. The lowest BCUT2D eigenvalue weighted by atomic mass is 10.4. The molecule has 0 N–H and O–H groups in total. The predicted octanol–water partition coefficient (Wildman–Crippen LogP) is 2.59. The number of allylic oxidation sites excluding steroid dienone is 4. The van der Waals surface area contributed by atoms with E-state index in [1.165, 1.54) is 18.1 Å². The first-order chi connectivity index (χ1) is 8.01. The minimum atomic E-state index is -0.409. The molecule has 0 aromatic heterocycles. The van der Waals surface area contributed by atoms with Crippen LogP contribution in [0.4, 0.5) is 4.79 Å². The molecule has 0 aromatic rings. The van der Waals surface area contributed by atoms with Crippen molar-refractivity contribution in [3.8, 4) is 0 Å². The van der Waals surface area contributed by atoms with Crippen LogP contribution < -0.4 is 0 Å². The van der Waals surface area contributed by atoms with Crippen LogP contribution in [-0.2, 0) is 9.53 Å². The molecule has 4 nitrogen and oxygen atoms in total. The van der Waals surface area contributed by atoms with Crippen LogP contribution in [0.2, 0.25) is 0 Å². The Morgan fingerprint density at radius 2 is 1.76 bits per heavy atom. The number of esters is 1. The number of nitrogens with zero attached hydrogens (tertiary/aromatic N) is 1. The number of carbonyl (C=O) groups is 2. The van der Waals surface area contributed by atoms with Gasteiger partial charge in [0.05, 0.1) is 7.11 Å². The summed E-state index contributed by atoms with van der Waals surface area (Å²) in [6.45, 7) is 1.85. The highest BCUT2D eigenvalue weighted by molar-refractivity contribution is 8.17. The first-order valence-corrected chi connectivity index (χ1v) is 5.81. The van der Waals surface area contributed by atoms with Gasteiger partial charge in [0.15, 0.2) is 0 Å². The zero-order chi connectivity index (χ0) is 13.3. The summed E-state index contributed by atoms with van der Waals surface area (Å²) in [5.74, 6) is -0.409. The molecule has 0 unspecified atom stereocenters. The van der Waals surface area contributed by atoms with Crippen molar-refractivity contribution in [3.05, 3.63) is 35.3 Å². The van der Waals surface area contributed by atoms with Crippen molar-refractivity contribution in [2.24, 2.45) is 0 Å². The third kappa shape index (κ3) is 7.41. The van der Waals surface area contributed by atoms with Crippen molar-refractivity contribution >= 4 is 23.0 Å². The Bertz CT molecular complexity index is 357. The fraction of sp³-hybridized carbons (Fsp3) is 0.333. The number of carbonyl (C=O) groups excluding carboxylic acids is 2. The Balaban J connectivity index is 4.33. The molecule has 0 saturated carbocycles. The number of amides is 1. The lowest BCUT2D eigenvalue weighted by molar-refractivity contribution is -0.134. The first kappa shape index (κ1) is 15.5. The van der Waals surface area contributed by atoms with Crippen molar-refractivity contribution in [2.75, 3.05) is 21.2 Å². The van der Waals surface area contributed by atoms with Gasteiger partial charge in [0.1, 0.15) is 0 Å². The fourth-order valence-electron chi connectivity index (χ4n) is 0.734. The third-order valence-corrected chi connectivity index (χ3v) is 2.81. The van der Waals surface area contributed by atoms with E-state index in [9.17, 15) is 9.59 Å². The van der Waals surface area contributed by atoms with Crippen LogP contribution in [0, 0.1) is 0 Å². The van der Waals surface area contributed by atoms with Gasteiger partial charge in [0.25, 0.3) is 5.24 Å². The van der Waals surface area contributed by atoms with E-state index < -0.39 is 5.97 Å². The van der Waals surface area contributed by atoms with Crippen molar-refractivity contribution < 1.29 is 14.3 Å². The zero-order valence-corrected chi connectivity index (χ0v) is 11.3. The van der Waals surface area contributed by atoms with Crippen molar-refractivity contribution in [2.45, 2.75) is 6.92 Å². The molecule has 0 fully saturated rings. The summed E-state index contributed by atoms with van der Waals surface area (Å²) in [5, 5.41) is -0.0419. The zero-order valence-electron chi connectivity index (χ0n) is 10.5. The Labute approximate surface area is 106 Å². The molecule has 17 heavy (non-hydrogen) atoms. The second kappa shape index (κ2) is 8.64. The molecule has 0 radical (unpaired) electrons. The van der Waals surface area contributed by atoms with Crippen LogP contribution in [0.5, 0.6) is 0 Å². The Kier molecular flexibility index (Phi) is 7.88. The molecule has 0 saturated heterocycles. The van der Waals surface area contributed by atoms with E-state index in [0.717, 1.165) is 16.7 Å². The second-order valence-electron chi connectivity index (χ2n) is 3.19. The number of hydrogen-bond donors (Lipinski definition) is 0. The van der Waals surface area contributed by atoms with Crippen LogP contribution in [0.3, 0.4) is 0 Å². The van der Waals surface area contributed by atoms with E-state index in [2.05, 4.69) is 4.74 Å². The van der Waals surface area contributed by atoms with Gasteiger partial charge in [-0.25, -0.2) is 4.79 Å². The Hall–Kier alpha value is -1.49. The highest BCUT2D eigenvalue weighted by Gasteiger charge is 2.05. The first-order valence-electron chi connectivity index (χ1n) is 4.99. The summed E-state index contributed by atoms with van der Waals surface area (Å²) in [4.78, 5) is 24.5. The maximum atomic E-state index is 11.4. The van der Waals surface area contributed by atoms with Crippen molar-refractivity contribution in [1.29, 1.82) is 0 Å².